The van der Waals surface area contributed by atoms with Gasteiger partial charge < -0.3 is 15.4 Å². The first-order valence-electron chi connectivity index (χ1n) is 9.17. The minimum absolute atomic E-state index is 0. The van der Waals surface area contributed by atoms with Gasteiger partial charge in [0.2, 0.25) is 0 Å². The average Bonchev–Trinajstić information content (AvgIpc) is 2.58. The van der Waals surface area contributed by atoms with Gasteiger partial charge in [0.15, 0.2) is 5.96 Å². The van der Waals surface area contributed by atoms with E-state index in [9.17, 15) is 0 Å². The Hall–Kier alpha value is -1.02. The number of likely N-dealkylation sites (tertiary alicyclic amines) is 1. The van der Waals surface area contributed by atoms with E-state index in [1.807, 2.05) is 7.05 Å². The molecule has 6 heteroatoms. The van der Waals surface area contributed by atoms with Crippen LogP contribution in [0.15, 0.2) is 29.3 Å². The fourth-order valence-electron chi connectivity index (χ4n) is 3.56. The molecule has 1 aliphatic heterocycles. The Morgan fingerprint density at radius 3 is 2.46 bits per heavy atom. The zero-order valence-corrected chi connectivity index (χ0v) is 19.3. The van der Waals surface area contributed by atoms with E-state index in [0.717, 1.165) is 24.8 Å². The molecule has 1 fully saturated rings. The maximum Gasteiger partial charge on any atom is 0.191 e. The standard InChI is InChI=1S/C20H34N4O.HI/c1-20(2,3)23-19(21-4)22-14-16-8-7-13-24(5)18(16)15-9-11-17(25-6)12-10-15;/h9-12,16,18H,7-8,13-14H2,1-6H3,(H2,21,22,23);1H. The molecule has 5 nitrogen and oxygen atoms in total. The number of nitrogens with zero attached hydrogens (tertiary/aromatic N) is 2. The van der Waals surface area contributed by atoms with Crippen LogP contribution >= 0.6 is 24.0 Å². The van der Waals surface area contributed by atoms with E-state index in [2.05, 4.69) is 72.6 Å². The summed E-state index contributed by atoms with van der Waals surface area (Å²) in [5, 5.41) is 6.96. The lowest BCUT2D eigenvalue weighted by Gasteiger charge is -2.40. The monoisotopic (exact) mass is 474 g/mol. The van der Waals surface area contributed by atoms with Gasteiger partial charge in [0, 0.05) is 25.2 Å². The van der Waals surface area contributed by atoms with Crippen molar-refractivity contribution in [2.75, 3.05) is 34.3 Å². The first kappa shape index (κ1) is 23.0. The van der Waals surface area contributed by atoms with Crippen molar-refractivity contribution in [1.82, 2.24) is 15.5 Å². The molecule has 0 aromatic heterocycles. The number of ether oxygens (including phenoxy) is 1. The highest BCUT2D eigenvalue weighted by Crippen LogP contribution is 2.35. The molecule has 0 spiro atoms. The third kappa shape index (κ3) is 6.61. The van der Waals surface area contributed by atoms with Gasteiger partial charge in [-0.05, 0) is 70.8 Å². The smallest absolute Gasteiger partial charge is 0.191 e. The van der Waals surface area contributed by atoms with Crippen molar-refractivity contribution in [3.8, 4) is 5.75 Å². The molecule has 1 saturated heterocycles. The Labute approximate surface area is 176 Å². The maximum absolute atomic E-state index is 5.30. The summed E-state index contributed by atoms with van der Waals surface area (Å²) in [6.45, 7) is 8.50. The molecule has 26 heavy (non-hydrogen) atoms. The molecule has 0 radical (unpaired) electrons. The summed E-state index contributed by atoms with van der Waals surface area (Å²) >= 11 is 0. The summed E-state index contributed by atoms with van der Waals surface area (Å²) in [5.74, 6) is 2.33. The van der Waals surface area contributed by atoms with Gasteiger partial charge in [0.25, 0.3) is 0 Å². The molecule has 1 aromatic rings. The highest BCUT2D eigenvalue weighted by atomic mass is 127. The minimum Gasteiger partial charge on any atom is -0.497 e. The fraction of sp³-hybridized carbons (Fsp3) is 0.650. The summed E-state index contributed by atoms with van der Waals surface area (Å²) in [6, 6.07) is 8.92. The van der Waals surface area contributed by atoms with Gasteiger partial charge in [0.05, 0.1) is 7.11 Å². The lowest BCUT2D eigenvalue weighted by molar-refractivity contribution is 0.122. The van der Waals surface area contributed by atoms with Crippen LogP contribution < -0.4 is 15.4 Å². The average molecular weight is 474 g/mol. The summed E-state index contributed by atoms with van der Waals surface area (Å²) in [7, 11) is 5.76. The van der Waals surface area contributed by atoms with Crippen molar-refractivity contribution in [2.45, 2.75) is 45.2 Å². The van der Waals surface area contributed by atoms with E-state index in [0.29, 0.717) is 12.0 Å². The molecule has 0 bridgehead atoms. The van der Waals surface area contributed by atoms with Crippen molar-refractivity contribution >= 4 is 29.9 Å². The highest BCUT2D eigenvalue weighted by Gasteiger charge is 2.30. The molecule has 148 valence electrons. The molecule has 2 N–H and O–H groups in total. The fourth-order valence-corrected chi connectivity index (χ4v) is 3.56. The van der Waals surface area contributed by atoms with Crippen LogP contribution in [0, 0.1) is 5.92 Å². The number of aliphatic imine (C=N–C) groups is 1. The van der Waals surface area contributed by atoms with Gasteiger partial charge >= 0.3 is 0 Å². The number of nitrogens with one attached hydrogen (secondary N) is 2. The topological polar surface area (TPSA) is 48.9 Å². The van der Waals surface area contributed by atoms with E-state index >= 15 is 0 Å². The van der Waals surface area contributed by atoms with Crippen LogP contribution in [0.2, 0.25) is 0 Å². The molecule has 0 amide bonds. The van der Waals surface area contributed by atoms with Gasteiger partial charge in [-0.15, -0.1) is 24.0 Å². The molecule has 0 saturated carbocycles. The number of hydrogen-bond donors (Lipinski definition) is 2. The number of hydrogen-bond acceptors (Lipinski definition) is 3. The quantitative estimate of drug-likeness (QED) is 0.398. The predicted molar refractivity (Wildman–Crippen MR) is 121 cm³/mol. The third-order valence-electron chi connectivity index (χ3n) is 4.71. The third-order valence-corrected chi connectivity index (χ3v) is 4.71. The normalized spacial score (nSPS) is 21.7. The minimum atomic E-state index is 0. The zero-order chi connectivity index (χ0) is 18.4. The molecule has 2 unspecified atom stereocenters. The van der Waals surface area contributed by atoms with Crippen molar-refractivity contribution in [3.05, 3.63) is 29.8 Å². The van der Waals surface area contributed by atoms with Gasteiger partial charge in [-0.2, -0.15) is 0 Å². The first-order valence-corrected chi connectivity index (χ1v) is 9.17. The summed E-state index contributed by atoms with van der Waals surface area (Å²) in [5.41, 5.74) is 1.36. The molecule has 1 aliphatic rings. The van der Waals surface area contributed by atoms with Crippen LogP contribution in [0.1, 0.15) is 45.2 Å². The lowest BCUT2D eigenvalue weighted by atomic mass is 9.85. The second-order valence-corrected chi connectivity index (χ2v) is 7.93. The molecule has 2 atom stereocenters. The van der Waals surface area contributed by atoms with Gasteiger partial charge in [-0.1, -0.05) is 12.1 Å². The Balaban J connectivity index is 0.00000338. The number of guanidine groups is 1. The molecule has 0 aliphatic carbocycles. The second-order valence-electron chi connectivity index (χ2n) is 7.93. The van der Waals surface area contributed by atoms with E-state index in [-0.39, 0.29) is 29.5 Å². The Kier molecular flexibility index (Phi) is 9.16. The van der Waals surface area contributed by atoms with Crippen LogP contribution in [0.3, 0.4) is 0 Å². The lowest BCUT2D eigenvalue weighted by Crippen LogP contribution is -2.50. The molecule has 1 aromatic carbocycles. The summed E-state index contributed by atoms with van der Waals surface area (Å²) in [4.78, 5) is 6.83. The van der Waals surface area contributed by atoms with E-state index in [1.54, 1.807) is 7.11 Å². The largest absolute Gasteiger partial charge is 0.497 e. The van der Waals surface area contributed by atoms with E-state index < -0.39 is 0 Å². The van der Waals surface area contributed by atoms with Crippen LogP contribution in [0.4, 0.5) is 0 Å². The number of benzene rings is 1. The highest BCUT2D eigenvalue weighted by molar-refractivity contribution is 14.0. The van der Waals surface area contributed by atoms with Crippen molar-refractivity contribution in [1.29, 1.82) is 0 Å². The van der Waals surface area contributed by atoms with E-state index in [1.165, 1.54) is 18.4 Å². The summed E-state index contributed by atoms with van der Waals surface area (Å²) < 4.78 is 5.30. The van der Waals surface area contributed by atoms with Gasteiger partial charge in [0.1, 0.15) is 5.75 Å². The predicted octanol–water partition coefficient (Wildman–Crippen LogP) is 3.66. The Bertz CT molecular complexity index is 568. The molecular weight excluding hydrogens is 439 g/mol. The second kappa shape index (κ2) is 10.3. The van der Waals surface area contributed by atoms with Crippen molar-refractivity contribution in [2.24, 2.45) is 10.9 Å². The number of piperidine rings is 1. The van der Waals surface area contributed by atoms with E-state index in [4.69, 9.17) is 4.74 Å². The van der Waals surface area contributed by atoms with Crippen molar-refractivity contribution < 1.29 is 4.74 Å². The number of rotatable bonds is 4. The molecular formula is C20H35IN4O. The Morgan fingerprint density at radius 2 is 1.92 bits per heavy atom. The SMILES string of the molecule is CN=C(NCC1CCCN(C)C1c1ccc(OC)cc1)NC(C)(C)C.I. The number of halogens is 1. The first-order chi connectivity index (χ1) is 11.8. The Morgan fingerprint density at radius 1 is 1.27 bits per heavy atom. The zero-order valence-electron chi connectivity index (χ0n) is 17.0. The van der Waals surface area contributed by atoms with Crippen LogP contribution in [0.25, 0.3) is 0 Å². The van der Waals surface area contributed by atoms with Gasteiger partial charge in [-0.25, -0.2) is 0 Å². The van der Waals surface area contributed by atoms with Crippen LogP contribution in [-0.4, -0.2) is 50.7 Å². The van der Waals surface area contributed by atoms with Crippen LogP contribution in [0.5, 0.6) is 5.75 Å². The molecule has 2 rings (SSSR count). The van der Waals surface area contributed by atoms with Crippen molar-refractivity contribution in [3.63, 3.8) is 0 Å². The number of methoxy groups -OCH3 is 1. The van der Waals surface area contributed by atoms with Gasteiger partial charge in [-0.3, -0.25) is 9.89 Å². The maximum atomic E-state index is 5.30. The molecule has 1 heterocycles. The summed E-state index contributed by atoms with van der Waals surface area (Å²) in [6.07, 6.45) is 2.46. The van der Waals surface area contributed by atoms with Crippen LogP contribution in [-0.2, 0) is 0 Å².